The molecule has 5 nitrogen and oxygen atoms in total. The maximum Gasteiger partial charge on any atom is 0.251 e. The molecule has 1 atom stereocenters. The first-order valence-corrected chi connectivity index (χ1v) is 7.41. The highest BCUT2D eigenvalue weighted by molar-refractivity contribution is 5.94. The molecule has 0 aromatic heterocycles. The number of rotatable bonds is 8. The van der Waals surface area contributed by atoms with E-state index in [1.54, 1.807) is 12.1 Å². The Morgan fingerprint density at radius 2 is 1.90 bits per heavy atom. The van der Waals surface area contributed by atoms with Crippen molar-refractivity contribution in [2.24, 2.45) is 5.73 Å². The zero-order valence-electron chi connectivity index (χ0n) is 12.8. The Labute approximate surface area is 126 Å². The summed E-state index contributed by atoms with van der Waals surface area (Å²) < 4.78 is 0. The molecule has 0 bridgehead atoms. The second kappa shape index (κ2) is 9.13. The van der Waals surface area contributed by atoms with Gasteiger partial charge in [0.1, 0.15) is 0 Å². The van der Waals surface area contributed by atoms with Crippen LogP contribution in [0, 0.1) is 0 Å². The molecule has 5 heteroatoms. The fourth-order valence-electron chi connectivity index (χ4n) is 1.97. The maximum absolute atomic E-state index is 12.1. The molecule has 0 radical (unpaired) electrons. The molecule has 1 aromatic rings. The van der Waals surface area contributed by atoms with Crippen LogP contribution in [-0.2, 0) is 11.3 Å². The van der Waals surface area contributed by atoms with Crippen molar-refractivity contribution in [3.63, 3.8) is 0 Å². The van der Waals surface area contributed by atoms with Crippen LogP contribution < -0.4 is 16.4 Å². The summed E-state index contributed by atoms with van der Waals surface area (Å²) in [6.45, 7) is 4.51. The molecule has 21 heavy (non-hydrogen) atoms. The summed E-state index contributed by atoms with van der Waals surface area (Å²) in [6, 6.07) is 7.24. The molecule has 2 amide bonds. The van der Waals surface area contributed by atoms with Gasteiger partial charge in [0, 0.05) is 31.6 Å². The molecular weight excluding hydrogens is 266 g/mol. The topological polar surface area (TPSA) is 84.2 Å². The minimum Gasteiger partial charge on any atom is -0.352 e. The van der Waals surface area contributed by atoms with E-state index >= 15 is 0 Å². The van der Waals surface area contributed by atoms with Crippen LogP contribution in [0.2, 0.25) is 0 Å². The largest absolute Gasteiger partial charge is 0.352 e. The van der Waals surface area contributed by atoms with Crippen LogP contribution in [0.1, 0.15) is 49.0 Å². The molecule has 4 N–H and O–H groups in total. The molecular formula is C16H25N3O2. The van der Waals surface area contributed by atoms with Crippen molar-refractivity contribution in [2.45, 2.75) is 45.7 Å². The molecule has 0 saturated heterocycles. The van der Waals surface area contributed by atoms with Crippen LogP contribution in [0.5, 0.6) is 0 Å². The molecule has 0 aliphatic carbocycles. The molecule has 0 spiro atoms. The van der Waals surface area contributed by atoms with Gasteiger partial charge in [0.25, 0.3) is 5.91 Å². The number of carbonyl (C=O) groups is 2. The fourth-order valence-corrected chi connectivity index (χ4v) is 1.97. The third kappa shape index (κ3) is 6.40. The van der Waals surface area contributed by atoms with Gasteiger partial charge in [-0.1, -0.05) is 31.9 Å². The molecule has 0 fully saturated rings. The number of unbranched alkanes of at least 4 members (excludes halogenated alkanes) is 1. The average molecular weight is 291 g/mol. The van der Waals surface area contributed by atoms with Gasteiger partial charge in [-0.3, -0.25) is 9.59 Å². The zero-order chi connectivity index (χ0) is 15.7. The van der Waals surface area contributed by atoms with Gasteiger partial charge in [0.05, 0.1) is 0 Å². The molecule has 0 aliphatic rings. The predicted molar refractivity (Wildman–Crippen MR) is 83.8 cm³/mol. The molecule has 0 aliphatic heterocycles. The van der Waals surface area contributed by atoms with Gasteiger partial charge < -0.3 is 16.4 Å². The van der Waals surface area contributed by atoms with Crippen molar-refractivity contribution in [3.8, 4) is 0 Å². The Balaban J connectivity index is 2.55. The zero-order valence-corrected chi connectivity index (χ0v) is 12.8. The third-order valence-electron chi connectivity index (χ3n) is 3.28. The van der Waals surface area contributed by atoms with Gasteiger partial charge in [0.15, 0.2) is 0 Å². The Hall–Kier alpha value is -1.88. The highest BCUT2D eigenvalue weighted by Gasteiger charge is 2.11. The van der Waals surface area contributed by atoms with Crippen LogP contribution in [0.25, 0.3) is 0 Å². The summed E-state index contributed by atoms with van der Waals surface area (Å²) in [5.74, 6) is -0.175. The maximum atomic E-state index is 12.1. The van der Waals surface area contributed by atoms with Crippen molar-refractivity contribution in [2.75, 3.05) is 6.54 Å². The summed E-state index contributed by atoms with van der Waals surface area (Å²) in [6.07, 6.45) is 3.04. The standard InChI is InChI=1S/C16H25N3O2/c1-3-4-5-15(10-17)19-16(21)14-8-6-13(7-9-14)11-18-12(2)20/h6-9,15H,3-5,10-11,17H2,1-2H3,(H,18,20)(H,19,21). The van der Waals surface area contributed by atoms with Crippen molar-refractivity contribution in [1.29, 1.82) is 0 Å². The van der Waals surface area contributed by atoms with Gasteiger partial charge in [-0.25, -0.2) is 0 Å². The van der Waals surface area contributed by atoms with Crippen molar-refractivity contribution in [3.05, 3.63) is 35.4 Å². The van der Waals surface area contributed by atoms with Crippen molar-refractivity contribution < 1.29 is 9.59 Å². The summed E-state index contributed by atoms with van der Waals surface area (Å²) >= 11 is 0. The van der Waals surface area contributed by atoms with Crippen LogP contribution in [-0.4, -0.2) is 24.4 Å². The molecule has 0 heterocycles. The number of amides is 2. The van der Waals surface area contributed by atoms with Gasteiger partial charge in [-0.2, -0.15) is 0 Å². The van der Waals surface area contributed by atoms with E-state index in [9.17, 15) is 9.59 Å². The van der Waals surface area contributed by atoms with E-state index in [1.165, 1.54) is 6.92 Å². The lowest BCUT2D eigenvalue weighted by Crippen LogP contribution is -2.40. The monoisotopic (exact) mass is 291 g/mol. The van der Waals surface area contributed by atoms with Gasteiger partial charge in [-0.05, 0) is 24.1 Å². The van der Waals surface area contributed by atoms with Gasteiger partial charge in [0.2, 0.25) is 5.91 Å². The quantitative estimate of drug-likeness (QED) is 0.679. The second-order valence-electron chi connectivity index (χ2n) is 5.15. The molecule has 1 aromatic carbocycles. The number of hydrogen-bond acceptors (Lipinski definition) is 3. The smallest absolute Gasteiger partial charge is 0.251 e. The van der Waals surface area contributed by atoms with Gasteiger partial charge >= 0.3 is 0 Å². The number of benzene rings is 1. The van der Waals surface area contributed by atoms with Crippen molar-refractivity contribution >= 4 is 11.8 Å². The minimum absolute atomic E-state index is 0.0245. The highest BCUT2D eigenvalue weighted by Crippen LogP contribution is 2.06. The van der Waals surface area contributed by atoms with Crippen LogP contribution in [0.4, 0.5) is 0 Å². The summed E-state index contributed by atoms with van der Waals surface area (Å²) in [5.41, 5.74) is 7.25. The van der Waals surface area contributed by atoms with Crippen LogP contribution >= 0.6 is 0 Å². The van der Waals surface area contributed by atoms with E-state index in [1.807, 2.05) is 12.1 Å². The normalized spacial score (nSPS) is 11.8. The third-order valence-corrected chi connectivity index (χ3v) is 3.28. The molecule has 0 saturated carbocycles. The van der Waals surface area contributed by atoms with E-state index in [4.69, 9.17) is 5.73 Å². The minimum atomic E-state index is -0.104. The number of carbonyl (C=O) groups excluding carboxylic acids is 2. The van der Waals surface area contributed by atoms with E-state index in [-0.39, 0.29) is 17.9 Å². The van der Waals surface area contributed by atoms with Crippen LogP contribution in [0.3, 0.4) is 0 Å². The first-order valence-electron chi connectivity index (χ1n) is 7.41. The van der Waals surface area contributed by atoms with E-state index < -0.39 is 0 Å². The van der Waals surface area contributed by atoms with Gasteiger partial charge in [-0.15, -0.1) is 0 Å². The van der Waals surface area contributed by atoms with Crippen molar-refractivity contribution in [1.82, 2.24) is 10.6 Å². The Kier molecular flexibility index (Phi) is 7.46. The van der Waals surface area contributed by atoms with Crippen LogP contribution in [0.15, 0.2) is 24.3 Å². The second-order valence-corrected chi connectivity index (χ2v) is 5.15. The van der Waals surface area contributed by atoms with E-state index in [0.29, 0.717) is 18.7 Å². The molecule has 116 valence electrons. The number of hydrogen-bond donors (Lipinski definition) is 3. The SMILES string of the molecule is CCCCC(CN)NC(=O)c1ccc(CNC(C)=O)cc1. The number of nitrogens with two attached hydrogens (primary N) is 1. The first-order chi connectivity index (χ1) is 10.1. The molecule has 1 unspecified atom stereocenters. The lowest BCUT2D eigenvalue weighted by atomic mass is 10.1. The highest BCUT2D eigenvalue weighted by atomic mass is 16.2. The predicted octanol–water partition coefficient (Wildman–Crippen LogP) is 1.57. The summed E-state index contributed by atoms with van der Waals surface area (Å²) in [5, 5.41) is 5.67. The Morgan fingerprint density at radius 1 is 1.24 bits per heavy atom. The van der Waals surface area contributed by atoms with E-state index in [0.717, 1.165) is 24.8 Å². The Bertz CT molecular complexity index is 457. The summed E-state index contributed by atoms with van der Waals surface area (Å²) in [7, 11) is 0. The fraction of sp³-hybridized carbons (Fsp3) is 0.500. The average Bonchev–Trinajstić information content (AvgIpc) is 2.49. The number of nitrogens with one attached hydrogen (secondary N) is 2. The Morgan fingerprint density at radius 3 is 2.43 bits per heavy atom. The summed E-state index contributed by atoms with van der Waals surface area (Å²) in [4.78, 5) is 23.0. The van der Waals surface area contributed by atoms with E-state index in [2.05, 4.69) is 17.6 Å². The lowest BCUT2D eigenvalue weighted by molar-refractivity contribution is -0.119. The molecule has 1 rings (SSSR count). The lowest BCUT2D eigenvalue weighted by Gasteiger charge is -2.16. The first kappa shape index (κ1) is 17.2.